The molecule has 3 amide bonds. The highest BCUT2D eigenvalue weighted by atomic mass is 35.5. The average molecular weight is 718 g/mol. The van der Waals surface area contributed by atoms with Crippen LogP contribution in [-0.2, 0) is 25.8 Å². The number of carbonyl (C=O) groups is 3. The van der Waals surface area contributed by atoms with Crippen LogP contribution in [0.2, 0.25) is 5.15 Å². The van der Waals surface area contributed by atoms with E-state index in [1.54, 1.807) is 0 Å². The van der Waals surface area contributed by atoms with Gasteiger partial charge in [-0.25, -0.2) is 13.4 Å². The minimum atomic E-state index is -3.89. The van der Waals surface area contributed by atoms with E-state index in [0.29, 0.717) is 24.8 Å². The van der Waals surface area contributed by atoms with Gasteiger partial charge in [0.25, 0.3) is 5.91 Å². The molecule has 1 saturated carbocycles. The topological polar surface area (TPSA) is 158 Å². The number of aliphatic hydroxyl groups is 1. The van der Waals surface area contributed by atoms with Crippen LogP contribution >= 0.6 is 11.6 Å². The average Bonchev–Trinajstić information content (AvgIpc) is 3.02. The molecule has 1 aromatic carbocycles. The van der Waals surface area contributed by atoms with Crippen molar-refractivity contribution in [2.75, 3.05) is 19.3 Å². The molecule has 3 unspecified atom stereocenters. The fourth-order valence-corrected chi connectivity index (χ4v) is 7.61. The number of hydrogen-bond donors (Lipinski definition) is 4. The van der Waals surface area contributed by atoms with Crippen LogP contribution in [0.3, 0.4) is 0 Å². The molecule has 11 nitrogen and oxygen atoms in total. The number of halogens is 1. The van der Waals surface area contributed by atoms with Crippen molar-refractivity contribution in [2.45, 2.75) is 108 Å². The summed E-state index contributed by atoms with van der Waals surface area (Å²) in [5, 5.41) is 20.7. The first-order valence-corrected chi connectivity index (χ1v) is 19.3. The van der Waals surface area contributed by atoms with Crippen molar-refractivity contribution in [3.05, 3.63) is 64.9 Å². The molecule has 1 aliphatic heterocycles. The Morgan fingerprint density at radius 1 is 1.00 bits per heavy atom. The number of benzene rings is 1. The summed E-state index contributed by atoms with van der Waals surface area (Å²) >= 11 is 5.88. The summed E-state index contributed by atoms with van der Waals surface area (Å²) in [7, 11) is -3.89. The zero-order valence-electron chi connectivity index (χ0n) is 29.4. The normalized spacial score (nSPS) is 22.2. The number of piperidine rings is 1. The van der Waals surface area contributed by atoms with Crippen LogP contribution in [0, 0.1) is 11.8 Å². The van der Waals surface area contributed by atoms with Crippen molar-refractivity contribution in [3.8, 4) is 0 Å². The van der Waals surface area contributed by atoms with Gasteiger partial charge in [-0.15, -0.1) is 0 Å². The first-order chi connectivity index (χ1) is 22.9. The lowest BCUT2D eigenvalue weighted by Crippen LogP contribution is -2.64. The molecule has 0 radical (unpaired) electrons. The number of aromatic nitrogens is 1. The van der Waals surface area contributed by atoms with Crippen LogP contribution in [-0.4, -0.2) is 95.0 Å². The highest BCUT2D eigenvalue weighted by Crippen LogP contribution is 2.39. The summed E-state index contributed by atoms with van der Waals surface area (Å²) in [5.74, 6) is -0.694. The maximum Gasteiger partial charge on any atom is 0.253 e. The molecule has 0 bridgehead atoms. The molecule has 0 spiro atoms. The molecule has 49 heavy (non-hydrogen) atoms. The summed E-state index contributed by atoms with van der Waals surface area (Å²) in [6.45, 7) is 9.36. The molecule has 270 valence electrons. The lowest BCUT2D eigenvalue weighted by Gasteiger charge is -2.47. The number of fused-ring (bicyclic) bond motifs is 1. The molecule has 1 saturated heterocycles. The summed E-state index contributed by atoms with van der Waals surface area (Å²) < 4.78 is 24.3. The highest BCUT2D eigenvalue weighted by Gasteiger charge is 2.46. The minimum Gasteiger partial charge on any atom is -0.390 e. The maximum atomic E-state index is 14.2. The van der Waals surface area contributed by atoms with E-state index >= 15 is 0 Å². The van der Waals surface area contributed by atoms with Crippen molar-refractivity contribution in [3.63, 3.8) is 0 Å². The number of nitrogens with zero attached hydrogens (tertiary/aromatic N) is 2. The Morgan fingerprint density at radius 3 is 2.24 bits per heavy atom. The molecule has 4 N–H and O–H groups in total. The molecule has 2 fully saturated rings. The zero-order chi connectivity index (χ0) is 36.1. The van der Waals surface area contributed by atoms with E-state index in [1.807, 2.05) is 51.1 Å². The number of likely N-dealkylation sites (tertiary alicyclic amines) is 1. The van der Waals surface area contributed by atoms with E-state index < -0.39 is 56.2 Å². The van der Waals surface area contributed by atoms with Gasteiger partial charge in [-0.05, 0) is 83.4 Å². The number of sulfone groups is 1. The Bertz CT molecular complexity index is 1560. The van der Waals surface area contributed by atoms with Crippen LogP contribution in [0.25, 0.3) is 0 Å². The number of hydrogen-bond acceptors (Lipinski definition) is 8. The van der Waals surface area contributed by atoms with Gasteiger partial charge in [-0.3, -0.25) is 19.3 Å². The van der Waals surface area contributed by atoms with E-state index in [1.165, 1.54) is 32.2 Å². The van der Waals surface area contributed by atoms with Crippen LogP contribution in [0.15, 0.2) is 48.7 Å². The third-order valence-corrected chi connectivity index (χ3v) is 12.4. The quantitative estimate of drug-likeness (QED) is 0.243. The largest absolute Gasteiger partial charge is 0.390 e. The molecular weight excluding hydrogens is 666 g/mol. The smallest absolute Gasteiger partial charge is 0.253 e. The Kier molecular flexibility index (Phi) is 12.5. The summed E-state index contributed by atoms with van der Waals surface area (Å²) in [6, 6.07) is 9.35. The van der Waals surface area contributed by atoms with Gasteiger partial charge in [0.2, 0.25) is 11.8 Å². The standard InChI is InChI=1S/C36H52ClN5O6S/c1-35(2,3)41-33(45)28-19-24-14-10-11-15-26(24)21-42(28)22-29(43)27(18-23-12-8-7-9-13-23)39-34(46)31(36(4,5)49(6,47)48)40-32(44)25-16-17-30(37)38-20-25/h7-9,12-13,16-17,20,24,26-29,31,43H,10-11,14-15,18-19,21-22H2,1-6H3,(H,39,46)(H,40,44)(H,41,45)/t24-,26+,27?,28?,29?,31+/m0/s1. The van der Waals surface area contributed by atoms with Gasteiger partial charge >= 0.3 is 0 Å². The van der Waals surface area contributed by atoms with Crippen LogP contribution in [0.1, 0.15) is 82.6 Å². The molecule has 4 rings (SSSR count). The van der Waals surface area contributed by atoms with Gasteiger partial charge < -0.3 is 21.1 Å². The third-order valence-electron chi connectivity index (χ3n) is 9.99. The van der Waals surface area contributed by atoms with E-state index in [4.69, 9.17) is 11.6 Å². The van der Waals surface area contributed by atoms with E-state index in [2.05, 4.69) is 25.8 Å². The maximum absolute atomic E-state index is 14.2. The Hall–Kier alpha value is -3.06. The number of carbonyl (C=O) groups excluding carboxylic acids is 3. The predicted molar refractivity (Wildman–Crippen MR) is 191 cm³/mol. The second-order valence-corrected chi connectivity index (χ2v) is 18.3. The number of nitrogens with one attached hydrogen (secondary N) is 3. The molecule has 2 aliphatic rings. The van der Waals surface area contributed by atoms with Crippen LogP contribution in [0.4, 0.5) is 0 Å². The zero-order valence-corrected chi connectivity index (χ0v) is 31.0. The Morgan fingerprint density at radius 2 is 1.65 bits per heavy atom. The molecule has 2 aromatic rings. The third kappa shape index (κ3) is 10.2. The molecule has 13 heteroatoms. The highest BCUT2D eigenvalue weighted by molar-refractivity contribution is 7.92. The van der Waals surface area contributed by atoms with Gasteiger partial charge in [0.1, 0.15) is 11.2 Å². The van der Waals surface area contributed by atoms with Gasteiger partial charge in [0.15, 0.2) is 9.84 Å². The van der Waals surface area contributed by atoms with Gasteiger partial charge in [-0.2, -0.15) is 0 Å². The first-order valence-electron chi connectivity index (χ1n) is 17.1. The summed E-state index contributed by atoms with van der Waals surface area (Å²) in [4.78, 5) is 47.0. The van der Waals surface area contributed by atoms with Crippen LogP contribution < -0.4 is 16.0 Å². The Labute approximate surface area is 295 Å². The van der Waals surface area contributed by atoms with Crippen molar-refractivity contribution in [2.24, 2.45) is 11.8 Å². The van der Waals surface area contributed by atoms with Gasteiger partial charge in [0.05, 0.1) is 28.5 Å². The summed E-state index contributed by atoms with van der Waals surface area (Å²) in [5.41, 5.74) is 0.510. The second kappa shape index (κ2) is 15.9. The van der Waals surface area contributed by atoms with Crippen LogP contribution in [0.5, 0.6) is 0 Å². The number of β-amino-alcohol motifs (C(OH)–C–C–N with tert-alkyl or cyclic N) is 1. The predicted octanol–water partition coefficient (Wildman–Crippen LogP) is 3.54. The monoisotopic (exact) mass is 717 g/mol. The van der Waals surface area contributed by atoms with Crippen molar-refractivity contribution < 1.29 is 27.9 Å². The van der Waals surface area contributed by atoms with Crippen molar-refractivity contribution in [1.82, 2.24) is 25.8 Å². The lowest BCUT2D eigenvalue weighted by molar-refractivity contribution is -0.133. The number of aliphatic hydroxyl groups excluding tert-OH is 1. The Balaban J connectivity index is 1.63. The van der Waals surface area contributed by atoms with E-state index in [0.717, 1.165) is 37.5 Å². The second-order valence-electron chi connectivity index (χ2n) is 15.3. The molecule has 6 atom stereocenters. The fraction of sp³-hybridized carbons (Fsp3) is 0.611. The van der Waals surface area contributed by atoms with Crippen molar-refractivity contribution >= 4 is 39.2 Å². The van der Waals surface area contributed by atoms with E-state index in [-0.39, 0.29) is 29.6 Å². The van der Waals surface area contributed by atoms with Gasteiger partial charge in [0, 0.05) is 31.1 Å². The number of amides is 3. The fourth-order valence-electron chi connectivity index (χ4n) is 6.91. The first kappa shape index (κ1) is 38.7. The SMILES string of the molecule is CC(C)(C)NC(=O)C1C[C@@H]2CCCC[C@@H]2CN1CC(O)C(Cc1ccccc1)NC(=O)[C@@H](NC(=O)c1ccc(Cl)nc1)C(C)(C)S(C)(=O)=O. The summed E-state index contributed by atoms with van der Waals surface area (Å²) in [6.07, 6.45) is 6.49. The molecule has 1 aliphatic carbocycles. The lowest BCUT2D eigenvalue weighted by atomic mass is 9.72. The number of rotatable bonds is 12. The molecule has 2 heterocycles. The van der Waals surface area contributed by atoms with Crippen molar-refractivity contribution in [1.29, 1.82) is 0 Å². The molecule has 1 aromatic heterocycles. The number of pyridine rings is 1. The minimum absolute atomic E-state index is 0.0817. The van der Waals surface area contributed by atoms with Gasteiger partial charge in [-0.1, -0.05) is 61.2 Å². The van der Waals surface area contributed by atoms with E-state index in [9.17, 15) is 27.9 Å². The molecular formula is C36H52ClN5O6S.